The van der Waals surface area contributed by atoms with Crippen molar-refractivity contribution in [1.29, 1.82) is 0 Å². The van der Waals surface area contributed by atoms with Crippen molar-refractivity contribution in [1.82, 2.24) is 5.32 Å². The van der Waals surface area contributed by atoms with Gasteiger partial charge in [-0.05, 0) is 79.5 Å². The van der Waals surface area contributed by atoms with Crippen molar-refractivity contribution in [3.8, 4) is 5.75 Å². The van der Waals surface area contributed by atoms with Crippen LogP contribution in [0.3, 0.4) is 0 Å². The van der Waals surface area contributed by atoms with E-state index in [9.17, 15) is 0 Å². The Morgan fingerprint density at radius 1 is 1.14 bits per heavy atom. The Hall–Kier alpha value is -1.02. The number of nitrogens with one attached hydrogen (secondary N) is 1. The van der Waals surface area contributed by atoms with E-state index in [4.69, 9.17) is 4.74 Å². The Morgan fingerprint density at radius 2 is 1.81 bits per heavy atom. The molecule has 0 amide bonds. The van der Waals surface area contributed by atoms with Crippen LogP contribution in [0.15, 0.2) is 24.3 Å². The first-order valence-corrected chi connectivity index (χ1v) is 8.68. The molecule has 21 heavy (non-hydrogen) atoms. The Labute approximate surface area is 128 Å². The molecule has 0 radical (unpaired) electrons. The average Bonchev–Trinajstić information content (AvgIpc) is 2.94. The van der Waals surface area contributed by atoms with E-state index in [-0.39, 0.29) is 0 Å². The maximum atomic E-state index is 5.26. The van der Waals surface area contributed by atoms with Gasteiger partial charge in [-0.25, -0.2) is 0 Å². The van der Waals surface area contributed by atoms with E-state index in [1.807, 2.05) is 0 Å². The van der Waals surface area contributed by atoms with Gasteiger partial charge in [0.1, 0.15) is 5.75 Å². The molecule has 114 valence electrons. The third-order valence-electron chi connectivity index (χ3n) is 6.34. The summed E-state index contributed by atoms with van der Waals surface area (Å²) in [5.41, 5.74) is 1.44. The molecule has 2 nitrogen and oxygen atoms in total. The lowest BCUT2D eigenvalue weighted by molar-refractivity contribution is 0.365. The van der Waals surface area contributed by atoms with Gasteiger partial charge >= 0.3 is 0 Å². The van der Waals surface area contributed by atoms with Crippen molar-refractivity contribution in [2.75, 3.05) is 13.7 Å². The Morgan fingerprint density at radius 3 is 2.38 bits per heavy atom. The molecule has 0 saturated heterocycles. The molecule has 3 saturated carbocycles. The van der Waals surface area contributed by atoms with Gasteiger partial charge in [0.15, 0.2) is 0 Å². The molecule has 0 aromatic heterocycles. The van der Waals surface area contributed by atoms with E-state index >= 15 is 0 Å². The van der Waals surface area contributed by atoms with E-state index in [0.29, 0.717) is 6.04 Å². The lowest BCUT2D eigenvalue weighted by Crippen LogP contribution is -2.35. The van der Waals surface area contributed by atoms with Gasteiger partial charge in [0.25, 0.3) is 0 Å². The van der Waals surface area contributed by atoms with Crippen LogP contribution in [0.4, 0.5) is 0 Å². The van der Waals surface area contributed by atoms with Crippen molar-refractivity contribution in [3.63, 3.8) is 0 Å². The fourth-order valence-corrected chi connectivity index (χ4v) is 5.55. The zero-order valence-electron chi connectivity index (χ0n) is 13.2. The number of fused-ring (bicyclic) bond motifs is 5. The summed E-state index contributed by atoms with van der Waals surface area (Å²) in [5, 5.41) is 3.79. The largest absolute Gasteiger partial charge is 0.497 e. The van der Waals surface area contributed by atoms with Crippen LogP contribution in [0.25, 0.3) is 0 Å². The van der Waals surface area contributed by atoms with Gasteiger partial charge in [0.2, 0.25) is 0 Å². The molecule has 3 fully saturated rings. The van der Waals surface area contributed by atoms with Gasteiger partial charge in [-0.2, -0.15) is 0 Å². The Bertz CT molecular complexity index is 481. The van der Waals surface area contributed by atoms with E-state index in [0.717, 1.165) is 41.9 Å². The quantitative estimate of drug-likeness (QED) is 0.863. The first-order valence-electron chi connectivity index (χ1n) is 8.68. The normalized spacial score (nSPS) is 37.3. The standard InChI is InChI=1S/C19H27NO/c1-3-20-16(10-12-4-8-15(21-2)9-5-12)19-17-13-6-7-14(11-13)18(17)19/h4-5,8-9,13-14,16-20H,3,6-7,10-11H2,1-2H3. The molecule has 3 aliphatic rings. The van der Waals surface area contributed by atoms with Gasteiger partial charge < -0.3 is 10.1 Å². The van der Waals surface area contributed by atoms with E-state index < -0.39 is 0 Å². The number of benzene rings is 1. The van der Waals surface area contributed by atoms with E-state index in [1.165, 1.54) is 24.8 Å². The Kier molecular flexibility index (Phi) is 3.45. The number of likely N-dealkylation sites (N-methyl/N-ethyl adjacent to an activating group) is 1. The minimum atomic E-state index is 0.682. The second kappa shape index (κ2) is 5.31. The minimum absolute atomic E-state index is 0.682. The molecular weight excluding hydrogens is 258 g/mol. The van der Waals surface area contributed by atoms with Crippen LogP contribution >= 0.6 is 0 Å². The monoisotopic (exact) mass is 285 g/mol. The molecule has 1 N–H and O–H groups in total. The lowest BCUT2D eigenvalue weighted by atomic mass is 9.93. The minimum Gasteiger partial charge on any atom is -0.497 e. The number of hydrogen-bond donors (Lipinski definition) is 1. The smallest absolute Gasteiger partial charge is 0.118 e. The van der Waals surface area contributed by atoms with Crippen LogP contribution in [0.2, 0.25) is 0 Å². The molecule has 3 aliphatic carbocycles. The highest BCUT2D eigenvalue weighted by Gasteiger charge is 2.66. The molecule has 0 heterocycles. The number of rotatable bonds is 6. The number of methoxy groups -OCH3 is 1. The SMILES string of the molecule is CCNC(Cc1ccc(OC)cc1)C1C2C3CCC(C3)C21. The fourth-order valence-electron chi connectivity index (χ4n) is 5.55. The third kappa shape index (κ3) is 2.28. The predicted octanol–water partition coefficient (Wildman–Crippen LogP) is 3.51. The maximum Gasteiger partial charge on any atom is 0.118 e. The van der Waals surface area contributed by atoms with Crippen molar-refractivity contribution in [2.45, 2.75) is 38.6 Å². The molecule has 1 aromatic carbocycles. The molecule has 2 bridgehead atoms. The summed E-state index contributed by atoms with van der Waals surface area (Å²) in [7, 11) is 1.73. The predicted molar refractivity (Wildman–Crippen MR) is 85.5 cm³/mol. The van der Waals surface area contributed by atoms with Gasteiger partial charge in [0, 0.05) is 6.04 Å². The van der Waals surface area contributed by atoms with Crippen molar-refractivity contribution >= 4 is 0 Å². The highest BCUT2D eigenvalue weighted by atomic mass is 16.5. The topological polar surface area (TPSA) is 21.3 Å². The summed E-state index contributed by atoms with van der Waals surface area (Å²) in [6.07, 6.45) is 5.76. The average molecular weight is 285 g/mol. The summed E-state index contributed by atoms with van der Waals surface area (Å²) >= 11 is 0. The van der Waals surface area contributed by atoms with E-state index in [2.05, 4.69) is 36.5 Å². The van der Waals surface area contributed by atoms with Crippen molar-refractivity contribution in [3.05, 3.63) is 29.8 Å². The maximum absolute atomic E-state index is 5.26. The second-order valence-corrected chi connectivity index (χ2v) is 7.28. The number of ether oxygens (including phenoxy) is 1. The molecule has 5 unspecified atom stereocenters. The van der Waals surface area contributed by atoms with Crippen molar-refractivity contribution in [2.24, 2.45) is 29.6 Å². The molecule has 0 spiro atoms. The van der Waals surface area contributed by atoms with Gasteiger partial charge in [0.05, 0.1) is 7.11 Å². The molecule has 4 rings (SSSR count). The van der Waals surface area contributed by atoms with Crippen LogP contribution in [0, 0.1) is 29.6 Å². The Balaban J connectivity index is 1.45. The first-order chi connectivity index (χ1) is 10.3. The summed E-state index contributed by atoms with van der Waals surface area (Å²) in [6, 6.07) is 9.33. The zero-order chi connectivity index (χ0) is 14.4. The summed E-state index contributed by atoms with van der Waals surface area (Å²) in [6.45, 7) is 3.33. The molecule has 5 atom stereocenters. The molecule has 0 aliphatic heterocycles. The van der Waals surface area contributed by atoms with Crippen molar-refractivity contribution < 1.29 is 4.74 Å². The first kappa shape index (κ1) is 13.6. The van der Waals surface area contributed by atoms with E-state index in [1.54, 1.807) is 13.5 Å². The van der Waals surface area contributed by atoms with Gasteiger partial charge in [-0.1, -0.05) is 19.1 Å². The highest BCUT2D eigenvalue weighted by Crippen LogP contribution is 2.70. The fraction of sp³-hybridized carbons (Fsp3) is 0.684. The summed E-state index contributed by atoms with van der Waals surface area (Å²) < 4.78 is 5.26. The van der Waals surface area contributed by atoms with Gasteiger partial charge in [-0.3, -0.25) is 0 Å². The van der Waals surface area contributed by atoms with Gasteiger partial charge in [-0.15, -0.1) is 0 Å². The lowest BCUT2D eigenvalue weighted by Gasteiger charge is -2.21. The van der Waals surface area contributed by atoms with Crippen LogP contribution in [-0.2, 0) is 6.42 Å². The second-order valence-electron chi connectivity index (χ2n) is 7.28. The highest BCUT2D eigenvalue weighted by molar-refractivity contribution is 5.28. The van der Waals surface area contributed by atoms with Crippen LogP contribution < -0.4 is 10.1 Å². The zero-order valence-corrected chi connectivity index (χ0v) is 13.2. The third-order valence-corrected chi connectivity index (χ3v) is 6.34. The van der Waals surface area contributed by atoms with Crippen LogP contribution in [0.5, 0.6) is 5.75 Å². The van der Waals surface area contributed by atoms with Crippen LogP contribution in [0.1, 0.15) is 31.7 Å². The number of hydrogen-bond acceptors (Lipinski definition) is 2. The summed E-state index contributed by atoms with van der Waals surface area (Å²) in [5.74, 6) is 6.18. The molecule has 1 aromatic rings. The molecular formula is C19H27NO. The summed E-state index contributed by atoms with van der Waals surface area (Å²) in [4.78, 5) is 0. The van der Waals surface area contributed by atoms with Crippen LogP contribution in [-0.4, -0.2) is 19.7 Å². The molecule has 2 heteroatoms.